The van der Waals surface area contributed by atoms with E-state index in [4.69, 9.17) is 15.3 Å². The second-order valence-electron chi connectivity index (χ2n) is 12.5. The quantitative estimate of drug-likeness (QED) is 0.0994. The number of fused-ring (bicyclic) bond motifs is 1. The fourth-order valence-electron chi connectivity index (χ4n) is 7.07. The fourth-order valence-corrected chi connectivity index (χ4v) is 9.23. The van der Waals surface area contributed by atoms with Crippen molar-refractivity contribution >= 4 is 28.7 Å². The molecule has 0 fully saturated rings. The molecule has 0 saturated heterocycles. The Labute approximate surface area is 305 Å². The molecule has 0 saturated carbocycles. The lowest BCUT2D eigenvalue weighted by Gasteiger charge is -2.41. The largest absolute Gasteiger partial charge is 0.298 e. The minimum atomic E-state index is -0.681. The average molecular weight is 704 g/mol. The number of hydrogen-bond acceptors (Lipinski definition) is 5. The van der Waals surface area contributed by atoms with Crippen LogP contribution in [-0.2, 0) is 5.54 Å². The van der Waals surface area contributed by atoms with Crippen molar-refractivity contribution in [1.29, 1.82) is 5.26 Å². The molecule has 1 aliphatic carbocycles. The number of unbranched alkanes of at least 4 members (excludes halogenated alkanes) is 1. The van der Waals surface area contributed by atoms with Crippen LogP contribution in [0.3, 0.4) is 0 Å². The van der Waals surface area contributed by atoms with E-state index in [1.807, 2.05) is 24.4 Å². The number of rotatable bonds is 11. The van der Waals surface area contributed by atoms with E-state index in [2.05, 4.69) is 131 Å². The number of allylic oxidation sites excluding steroid dienone is 4. The number of pyridine rings is 1. The molecule has 0 aliphatic heterocycles. The number of aromatic nitrogens is 4. The summed E-state index contributed by atoms with van der Waals surface area (Å²) in [6.45, 7) is 0. The number of imidazole rings is 1. The van der Waals surface area contributed by atoms with Crippen molar-refractivity contribution in [3.63, 3.8) is 0 Å². The smallest absolute Gasteiger partial charge is 0.137 e. The number of halogens is 1. The third-order valence-corrected chi connectivity index (χ3v) is 11.9. The Morgan fingerprint density at radius 3 is 2.31 bits per heavy atom. The molecule has 0 bridgehead atoms. The van der Waals surface area contributed by atoms with Crippen LogP contribution in [0, 0.1) is 23.1 Å². The lowest BCUT2D eigenvalue weighted by Crippen LogP contribution is -2.43. The molecule has 1 atom stereocenters. The summed E-state index contributed by atoms with van der Waals surface area (Å²) in [4.78, 5) is 5.88. The topological polar surface area (TPSA) is 58.9 Å². The van der Waals surface area contributed by atoms with Crippen molar-refractivity contribution in [2.45, 2.75) is 29.0 Å². The summed E-state index contributed by atoms with van der Waals surface area (Å²) in [5.41, 5.74) is 6.97. The van der Waals surface area contributed by atoms with Gasteiger partial charge in [-0.25, -0.2) is 9.37 Å². The number of benzene rings is 3. The zero-order valence-corrected chi connectivity index (χ0v) is 29.4. The van der Waals surface area contributed by atoms with Crippen LogP contribution in [0.25, 0.3) is 38.6 Å². The summed E-state index contributed by atoms with van der Waals surface area (Å²) in [5.74, 6) is 0.695. The van der Waals surface area contributed by atoms with E-state index in [0.29, 0.717) is 6.42 Å². The number of thioether (sulfide) groups is 1. The molecule has 250 valence electrons. The van der Waals surface area contributed by atoms with E-state index < -0.39 is 5.54 Å². The van der Waals surface area contributed by atoms with Gasteiger partial charge in [-0.2, -0.15) is 10.4 Å². The van der Waals surface area contributed by atoms with Gasteiger partial charge >= 0.3 is 0 Å². The Kier molecular flexibility index (Phi) is 9.23. The first-order valence-corrected chi connectivity index (χ1v) is 18.8. The molecule has 0 radical (unpaired) electrons. The predicted octanol–water partition coefficient (Wildman–Crippen LogP) is 11.1. The maximum atomic E-state index is 14.3. The third-order valence-electron chi connectivity index (χ3n) is 9.47. The summed E-state index contributed by atoms with van der Waals surface area (Å²) in [6, 6.07) is 38.5. The van der Waals surface area contributed by atoms with E-state index in [0.717, 1.165) is 68.3 Å². The maximum Gasteiger partial charge on any atom is 0.137 e. The average Bonchev–Trinajstić information content (AvgIpc) is 3.94. The first kappa shape index (κ1) is 32.7. The van der Waals surface area contributed by atoms with Gasteiger partial charge in [0.05, 0.1) is 27.0 Å². The van der Waals surface area contributed by atoms with Gasteiger partial charge in [0.2, 0.25) is 0 Å². The summed E-state index contributed by atoms with van der Waals surface area (Å²) in [5, 5.41) is 14.4. The molecule has 0 amide bonds. The molecule has 7 aromatic rings. The van der Waals surface area contributed by atoms with Crippen LogP contribution >= 0.6 is 23.1 Å². The monoisotopic (exact) mass is 703 g/mol. The second-order valence-corrected chi connectivity index (χ2v) is 15.0. The number of thiophene rings is 1. The summed E-state index contributed by atoms with van der Waals surface area (Å²) in [6.07, 6.45) is 17.3. The predicted molar refractivity (Wildman–Crippen MR) is 206 cm³/mol. The van der Waals surface area contributed by atoms with Crippen molar-refractivity contribution < 1.29 is 4.39 Å². The Morgan fingerprint density at radius 2 is 1.61 bits per heavy atom. The minimum absolute atomic E-state index is 0.0645. The zero-order chi connectivity index (χ0) is 34.6. The molecule has 1 aliphatic rings. The standard InChI is InChI=1S/C43H34FN5S2/c44-36-21-18-31(19-22-36)42-37(32-20-24-40-46-28-38(48(40)29-32)39-23-25-41(51-39)50-27-11-10-26-45)30-49(47-42)43(33-12-4-1-5-13-33,34-14-6-2-7-15-34)35-16-8-3-9-17-35/h1-9,12-16,18-25,28-30,35H,10-11,17,27H2. The number of nitrogens with zero attached hydrogens (tertiary/aromatic N) is 5. The summed E-state index contributed by atoms with van der Waals surface area (Å²) < 4.78 is 19.8. The maximum absolute atomic E-state index is 14.3. The first-order valence-electron chi connectivity index (χ1n) is 17.0. The SMILES string of the molecule is N#CCCCSc1ccc(-c2cnc3ccc(-c4cn(C(c5ccccc5)(c5ccccc5)C5C=CC=CC5)nc4-c4ccc(F)cc4)cn23)s1. The van der Waals surface area contributed by atoms with Crippen molar-refractivity contribution in [3.05, 3.63) is 169 Å². The third kappa shape index (κ3) is 6.24. The van der Waals surface area contributed by atoms with Crippen LogP contribution in [0.2, 0.25) is 0 Å². The van der Waals surface area contributed by atoms with Gasteiger partial charge in [-0.15, -0.1) is 23.1 Å². The van der Waals surface area contributed by atoms with Crippen molar-refractivity contribution in [2.75, 3.05) is 5.75 Å². The van der Waals surface area contributed by atoms with Crippen LogP contribution in [0.5, 0.6) is 0 Å². The van der Waals surface area contributed by atoms with Crippen molar-refractivity contribution in [1.82, 2.24) is 19.2 Å². The summed E-state index contributed by atoms with van der Waals surface area (Å²) >= 11 is 3.53. The Balaban J connectivity index is 1.31. The molecule has 4 aromatic heterocycles. The van der Waals surface area contributed by atoms with Gasteiger partial charge in [0.1, 0.15) is 22.7 Å². The molecule has 0 N–H and O–H groups in total. The molecule has 8 rings (SSSR count). The molecule has 1 unspecified atom stereocenters. The molecule has 51 heavy (non-hydrogen) atoms. The van der Waals surface area contributed by atoms with E-state index >= 15 is 0 Å². The van der Waals surface area contributed by atoms with Crippen molar-refractivity contribution in [3.8, 4) is 39.0 Å². The lowest BCUT2D eigenvalue weighted by atomic mass is 9.70. The normalized spacial score (nSPS) is 14.2. The van der Waals surface area contributed by atoms with E-state index in [1.165, 1.54) is 16.3 Å². The lowest BCUT2D eigenvalue weighted by molar-refractivity contribution is 0.293. The van der Waals surface area contributed by atoms with E-state index in [9.17, 15) is 4.39 Å². The highest BCUT2D eigenvalue weighted by molar-refractivity contribution is 8.01. The van der Waals surface area contributed by atoms with Gasteiger partial charge in [0, 0.05) is 41.4 Å². The molecular weight excluding hydrogens is 670 g/mol. The number of nitriles is 1. The Bertz CT molecular complexity index is 2340. The van der Waals surface area contributed by atoms with E-state index in [-0.39, 0.29) is 11.7 Å². The van der Waals surface area contributed by atoms with E-state index in [1.54, 1.807) is 23.1 Å². The van der Waals surface area contributed by atoms with Gasteiger partial charge < -0.3 is 0 Å². The second kappa shape index (κ2) is 14.4. The molecule has 3 aromatic carbocycles. The highest BCUT2D eigenvalue weighted by Crippen LogP contribution is 2.46. The molecule has 4 heterocycles. The molecular formula is C43H34FN5S2. The zero-order valence-electron chi connectivity index (χ0n) is 27.8. The Hall–Kier alpha value is -5.49. The molecule has 0 spiro atoms. The number of hydrogen-bond donors (Lipinski definition) is 0. The summed E-state index contributed by atoms with van der Waals surface area (Å²) in [7, 11) is 0. The highest BCUT2D eigenvalue weighted by atomic mass is 32.2. The molecule has 5 nitrogen and oxygen atoms in total. The van der Waals surface area contributed by atoms with Crippen molar-refractivity contribution in [2.24, 2.45) is 5.92 Å². The van der Waals surface area contributed by atoms with Gasteiger partial charge in [-0.05, 0) is 78.3 Å². The molecule has 8 heteroatoms. The van der Waals surface area contributed by atoms with Gasteiger partial charge in [0.25, 0.3) is 0 Å². The Morgan fingerprint density at radius 1 is 0.863 bits per heavy atom. The highest BCUT2D eigenvalue weighted by Gasteiger charge is 2.44. The van der Waals surface area contributed by atoms with Gasteiger partial charge in [-0.3, -0.25) is 9.08 Å². The van der Waals surface area contributed by atoms with Gasteiger partial charge in [-0.1, -0.05) is 85.0 Å². The fraction of sp³-hybridized carbons (Fsp3) is 0.140. The van der Waals surface area contributed by atoms with Crippen LogP contribution in [0.4, 0.5) is 4.39 Å². The van der Waals surface area contributed by atoms with Crippen LogP contribution in [0.1, 0.15) is 30.4 Å². The van der Waals surface area contributed by atoms with Crippen LogP contribution in [0.15, 0.2) is 156 Å². The van der Waals surface area contributed by atoms with Gasteiger partial charge in [0.15, 0.2) is 0 Å². The van der Waals surface area contributed by atoms with Crippen LogP contribution < -0.4 is 0 Å². The minimum Gasteiger partial charge on any atom is -0.298 e. The first-order chi connectivity index (χ1) is 25.1. The van der Waals surface area contributed by atoms with Crippen LogP contribution in [-0.4, -0.2) is 24.9 Å².